The van der Waals surface area contributed by atoms with Gasteiger partial charge in [-0.2, -0.15) is 0 Å². The summed E-state index contributed by atoms with van der Waals surface area (Å²) in [5.74, 6) is 2.33. The maximum atomic E-state index is 13.6. The van der Waals surface area contributed by atoms with Gasteiger partial charge in [-0.3, -0.25) is 4.79 Å². The molecule has 0 unspecified atom stereocenters. The zero-order valence-corrected chi connectivity index (χ0v) is 21.1. The topological polar surface area (TPSA) is 64.8 Å². The molecule has 2 aliphatic heterocycles. The fourth-order valence-electron chi connectivity index (χ4n) is 5.04. The lowest BCUT2D eigenvalue weighted by Crippen LogP contribution is -2.40. The van der Waals surface area contributed by atoms with E-state index in [4.69, 9.17) is 14.0 Å². The van der Waals surface area contributed by atoms with Crippen LogP contribution in [0.5, 0.6) is 11.5 Å². The number of aromatic nitrogens is 1. The highest BCUT2D eigenvalue weighted by molar-refractivity contribution is 6.00. The highest BCUT2D eigenvalue weighted by atomic mass is 16.7. The van der Waals surface area contributed by atoms with Gasteiger partial charge in [0.1, 0.15) is 5.56 Å². The van der Waals surface area contributed by atoms with Gasteiger partial charge in [0.15, 0.2) is 17.3 Å². The third-order valence-corrected chi connectivity index (χ3v) is 7.18. The average Bonchev–Trinajstić information content (AvgIpc) is 3.48. The molecule has 1 aromatic heterocycles. The van der Waals surface area contributed by atoms with Crippen LogP contribution in [-0.4, -0.2) is 35.8 Å². The molecule has 0 radical (unpaired) electrons. The van der Waals surface area contributed by atoms with Gasteiger partial charge in [0.05, 0.1) is 5.69 Å². The number of hydrogen-bond acceptors (Lipinski definition) is 5. The fraction of sp³-hybridized carbons (Fsp3) is 0.448. The van der Waals surface area contributed by atoms with Gasteiger partial charge in [0.2, 0.25) is 6.79 Å². The Hall–Kier alpha value is -3.28. The Morgan fingerprint density at radius 2 is 1.86 bits per heavy atom. The number of carbonyl (C=O) groups is 1. The van der Waals surface area contributed by atoms with Gasteiger partial charge >= 0.3 is 0 Å². The number of amides is 1. The van der Waals surface area contributed by atoms with E-state index in [1.165, 1.54) is 11.1 Å². The highest BCUT2D eigenvalue weighted by Gasteiger charge is 2.30. The summed E-state index contributed by atoms with van der Waals surface area (Å²) in [7, 11) is 0. The summed E-state index contributed by atoms with van der Waals surface area (Å²) in [5, 5.41) is 4.13. The van der Waals surface area contributed by atoms with Crippen LogP contribution in [0.15, 0.2) is 47.0 Å². The summed E-state index contributed by atoms with van der Waals surface area (Å²) >= 11 is 0. The number of carbonyl (C=O) groups excluding carboxylic acids is 1. The van der Waals surface area contributed by atoms with Crippen molar-refractivity contribution in [2.75, 3.05) is 19.9 Å². The Balaban J connectivity index is 1.26. The number of rotatable bonds is 5. The number of fused-ring (bicyclic) bond motifs is 1. The van der Waals surface area contributed by atoms with Crippen LogP contribution in [0.1, 0.15) is 67.2 Å². The first-order chi connectivity index (χ1) is 16.8. The number of nitrogens with zero attached hydrogens (tertiary/aromatic N) is 2. The maximum absolute atomic E-state index is 13.6. The molecule has 6 nitrogen and oxygen atoms in total. The first-order valence-corrected chi connectivity index (χ1v) is 12.5. The molecule has 0 N–H and O–H groups in total. The van der Waals surface area contributed by atoms with E-state index < -0.39 is 0 Å². The van der Waals surface area contributed by atoms with E-state index in [0.29, 0.717) is 34.4 Å². The van der Waals surface area contributed by atoms with Crippen LogP contribution in [0.4, 0.5) is 0 Å². The first-order valence-electron chi connectivity index (χ1n) is 12.5. The molecule has 1 amide bonds. The van der Waals surface area contributed by atoms with Crippen molar-refractivity contribution in [1.29, 1.82) is 0 Å². The molecule has 0 saturated carbocycles. The summed E-state index contributed by atoms with van der Waals surface area (Å²) in [6.45, 7) is 10.3. The summed E-state index contributed by atoms with van der Waals surface area (Å²) in [5.41, 5.74) is 4.82. The minimum absolute atomic E-state index is 0.00403. The normalized spacial score (nSPS) is 17.6. The van der Waals surface area contributed by atoms with Crippen molar-refractivity contribution in [3.05, 3.63) is 64.8 Å². The first kappa shape index (κ1) is 23.5. The van der Waals surface area contributed by atoms with Crippen LogP contribution in [0.3, 0.4) is 0 Å². The van der Waals surface area contributed by atoms with Crippen molar-refractivity contribution in [1.82, 2.24) is 10.1 Å². The minimum atomic E-state index is -0.00403. The van der Waals surface area contributed by atoms with Gasteiger partial charge in [-0.05, 0) is 73.3 Å². The lowest BCUT2D eigenvalue weighted by molar-refractivity contribution is 0.0668. The van der Waals surface area contributed by atoms with E-state index in [9.17, 15) is 4.79 Å². The van der Waals surface area contributed by atoms with Gasteiger partial charge < -0.3 is 18.9 Å². The zero-order chi connectivity index (χ0) is 24.6. The largest absolute Gasteiger partial charge is 0.454 e. The van der Waals surface area contributed by atoms with Crippen LogP contribution in [-0.2, 0) is 11.8 Å². The molecule has 1 fully saturated rings. The van der Waals surface area contributed by atoms with E-state index in [1.807, 2.05) is 30.0 Å². The summed E-state index contributed by atoms with van der Waals surface area (Å²) in [4.78, 5) is 15.6. The quantitative estimate of drug-likeness (QED) is 0.443. The second-order valence-corrected chi connectivity index (χ2v) is 10.8. The molecule has 6 heteroatoms. The average molecular weight is 475 g/mol. The van der Waals surface area contributed by atoms with Crippen molar-refractivity contribution in [3.63, 3.8) is 0 Å². The second-order valence-electron chi connectivity index (χ2n) is 10.8. The Morgan fingerprint density at radius 3 is 2.63 bits per heavy atom. The molecular weight excluding hydrogens is 440 g/mol. The van der Waals surface area contributed by atoms with E-state index in [0.717, 1.165) is 44.3 Å². The van der Waals surface area contributed by atoms with Gasteiger partial charge in [-0.15, -0.1) is 0 Å². The number of hydrogen-bond donors (Lipinski definition) is 0. The van der Waals surface area contributed by atoms with Crippen molar-refractivity contribution in [2.24, 2.45) is 5.92 Å². The summed E-state index contributed by atoms with van der Waals surface area (Å²) < 4.78 is 16.5. The molecule has 0 spiro atoms. The Morgan fingerprint density at radius 1 is 1.09 bits per heavy atom. The number of benzene rings is 2. The van der Waals surface area contributed by atoms with Crippen molar-refractivity contribution in [2.45, 2.75) is 58.8 Å². The van der Waals surface area contributed by atoms with Gasteiger partial charge in [-0.1, -0.05) is 50.2 Å². The summed E-state index contributed by atoms with van der Waals surface area (Å²) in [6, 6.07) is 14.6. The van der Waals surface area contributed by atoms with Gasteiger partial charge in [-0.25, -0.2) is 0 Å². The Bertz CT molecular complexity index is 1210. The molecule has 5 rings (SSSR count). The van der Waals surface area contributed by atoms with Crippen LogP contribution >= 0.6 is 0 Å². The zero-order valence-electron chi connectivity index (χ0n) is 21.1. The highest BCUT2D eigenvalue weighted by Crippen LogP contribution is 2.38. The summed E-state index contributed by atoms with van der Waals surface area (Å²) in [6.07, 6.45) is 4.28. The number of aryl methyl sites for hydroxylation is 2. The molecule has 0 aliphatic carbocycles. The molecule has 184 valence electrons. The molecule has 2 aliphatic rings. The lowest BCUT2D eigenvalue weighted by atomic mass is 9.86. The number of ether oxygens (including phenoxy) is 2. The SMILES string of the molecule is Cc1noc(-c2ccc3c(c2)OCO3)c1C(=O)N1CCC[C@@H](CCc2ccc(C(C)(C)C)cc2)C1. The van der Waals surface area contributed by atoms with Crippen LogP contribution in [0.25, 0.3) is 11.3 Å². The molecule has 3 aromatic rings. The lowest BCUT2D eigenvalue weighted by Gasteiger charge is -2.33. The predicted octanol–water partition coefficient (Wildman–Crippen LogP) is 6.16. The molecule has 35 heavy (non-hydrogen) atoms. The van der Waals surface area contributed by atoms with Crippen molar-refractivity contribution >= 4 is 5.91 Å². The van der Waals surface area contributed by atoms with E-state index in [-0.39, 0.29) is 18.1 Å². The van der Waals surface area contributed by atoms with E-state index in [1.54, 1.807) is 0 Å². The van der Waals surface area contributed by atoms with Crippen LogP contribution in [0, 0.1) is 12.8 Å². The van der Waals surface area contributed by atoms with E-state index >= 15 is 0 Å². The smallest absolute Gasteiger partial charge is 0.259 e. The number of likely N-dealkylation sites (tertiary alicyclic amines) is 1. The monoisotopic (exact) mass is 474 g/mol. The molecule has 2 aromatic carbocycles. The van der Waals surface area contributed by atoms with Gasteiger partial charge in [0.25, 0.3) is 5.91 Å². The molecule has 1 saturated heterocycles. The van der Waals surface area contributed by atoms with Crippen LogP contribution < -0.4 is 9.47 Å². The Kier molecular flexibility index (Phi) is 6.30. The van der Waals surface area contributed by atoms with E-state index in [2.05, 4.69) is 50.2 Å². The molecule has 0 bridgehead atoms. The Labute approximate surface area is 207 Å². The fourth-order valence-corrected chi connectivity index (χ4v) is 5.04. The van der Waals surface area contributed by atoms with Crippen molar-refractivity contribution in [3.8, 4) is 22.8 Å². The molecule has 3 heterocycles. The second kappa shape index (κ2) is 9.40. The van der Waals surface area contributed by atoms with Gasteiger partial charge in [0, 0.05) is 18.7 Å². The minimum Gasteiger partial charge on any atom is -0.454 e. The molecule has 1 atom stereocenters. The predicted molar refractivity (Wildman–Crippen MR) is 135 cm³/mol. The van der Waals surface area contributed by atoms with Crippen LogP contribution in [0.2, 0.25) is 0 Å². The number of piperidine rings is 1. The van der Waals surface area contributed by atoms with Crippen molar-refractivity contribution < 1.29 is 18.8 Å². The molecular formula is C29H34N2O4. The third kappa shape index (κ3) is 4.93. The maximum Gasteiger partial charge on any atom is 0.259 e. The standard InChI is InChI=1S/C29H34N2O4/c1-19-26(27(35-30-19)22-11-14-24-25(16-22)34-18-33-24)28(32)31-15-5-6-21(17-31)8-7-20-9-12-23(13-10-20)29(2,3)4/h9-14,16,21H,5-8,15,17-18H2,1-4H3/t21-/m0/s1. The third-order valence-electron chi connectivity index (χ3n) is 7.18.